The summed E-state index contributed by atoms with van der Waals surface area (Å²) in [7, 11) is 0. The highest BCUT2D eigenvalue weighted by molar-refractivity contribution is 4.90. The van der Waals surface area contributed by atoms with Crippen LogP contribution in [0.4, 0.5) is 0 Å². The number of rotatable bonds is 6. The summed E-state index contributed by atoms with van der Waals surface area (Å²) in [6.07, 6.45) is 2.58. The van der Waals surface area contributed by atoms with Crippen LogP contribution < -0.4 is 5.32 Å². The van der Waals surface area contributed by atoms with Gasteiger partial charge in [0.2, 0.25) is 0 Å². The van der Waals surface area contributed by atoms with Gasteiger partial charge in [0.25, 0.3) is 0 Å². The molecule has 0 aliphatic carbocycles. The zero-order valence-electron chi connectivity index (χ0n) is 14.0. The van der Waals surface area contributed by atoms with E-state index in [0.29, 0.717) is 5.41 Å². The highest BCUT2D eigenvalue weighted by atomic mass is 16.5. The van der Waals surface area contributed by atoms with Crippen LogP contribution in [0.3, 0.4) is 0 Å². The minimum absolute atomic E-state index is 0.356. The van der Waals surface area contributed by atoms with E-state index < -0.39 is 0 Å². The third kappa shape index (κ3) is 4.44. The molecule has 0 spiro atoms. The van der Waals surface area contributed by atoms with Crippen molar-refractivity contribution in [3.63, 3.8) is 0 Å². The van der Waals surface area contributed by atoms with Gasteiger partial charge in [-0.25, -0.2) is 0 Å². The number of nitrogens with one attached hydrogen (secondary N) is 1. The molecule has 3 nitrogen and oxygen atoms in total. The molecule has 2 fully saturated rings. The summed E-state index contributed by atoms with van der Waals surface area (Å²) in [6.45, 7) is 17.3. The SMILES string of the molecule is CC(C)CNCC1(CN2CCC(C)C(C)C2)CCOC1. The van der Waals surface area contributed by atoms with Crippen molar-refractivity contribution in [1.29, 1.82) is 0 Å². The summed E-state index contributed by atoms with van der Waals surface area (Å²) in [5.41, 5.74) is 0.356. The first-order chi connectivity index (χ1) is 9.51. The molecular formula is C17H34N2O. The van der Waals surface area contributed by atoms with Crippen molar-refractivity contribution >= 4 is 0 Å². The zero-order chi connectivity index (χ0) is 14.6. The number of likely N-dealkylation sites (tertiary alicyclic amines) is 1. The lowest BCUT2D eigenvalue weighted by Crippen LogP contribution is -2.49. The fraction of sp³-hybridized carbons (Fsp3) is 1.00. The number of nitrogens with zero attached hydrogens (tertiary/aromatic N) is 1. The normalized spacial score (nSPS) is 35.9. The molecular weight excluding hydrogens is 248 g/mol. The van der Waals surface area contributed by atoms with E-state index in [0.717, 1.165) is 44.1 Å². The Morgan fingerprint density at radius 1 is 1.30 bits per heavy atom. The number of hydrogen-bond donors (Lipinski definition) is 1. The largest absolute Gasteiger partial charge is 0.381 e. The third-order valence-electron chi connectivity index (χ3n) is 5.21. The lowest BCUT2D eigenvalue weighted by atomic mass is 9.83. The van der Waals surface area contributed by atoms with Gasteiger partial charge >= 0.3 is 0 Å². The van der Waals surface area contributed by atoms with Crippen molar-refractivity contribution in [2.75, 3.05) is 45.9 Å². The smallest absolute Gasteiger partial charge is 0.0547 e. The first-order valence-corrected chi connectivity index (χ1v) is 8.51. The molecule has 3 atom stereocenters. The molecule has 2 saturated heterocycles. The second-order valence-corrected chi connectivity index (χ2v) is 7.81. The first-order valence-electron chi connectivity index (χ1n) is 8.51. The Kier molecular flexibility index (Phi) is 5.88. The molecule has 0 aromatic rings. The van der Waals surface area contributed by atoms with Gasteiger partial charge in [-0.2, -0.15) is 0 Å². The van der Waals surface area contributed by atoms with E-state index in [9.17, 15) is 0 Å². The van der Waals surface area contributed by atoms with E-state index in [1.807, 2.05) is 0 Å². The summed E-state index contributed by atoms with van der Waals surface area (Å²) in [5, 5.41) is 3.67. The number of hydrogen-bond acceptors (Lipinski definition) is 3. The molecule has 3 unspecified atom stereocenters. The lowest BCUT2D eigenvalue weighted by Gasteiger charge is -2.40. The van der Waals surface area contributed by atoms with Gasteiger partial charge in [0.15, 0.2) is 0 Å². The van der Waals surface area contributed by atoms with Crippen LogP contribution in [0.2, 0.25) is 0 Å². The molecule has 0 amide bonds. The fourth-order valence-electron chi connectivity index (χ4n) is 3.56. The monoisotopic (exact) mass is 282 g/mol. The summed E-state index contributed by atoms with van der Waals surface area (Å²) in [4.78, 5) is 2.69. The van der Waals surface area contributed by atoms with Crippen molar-refractivity contribution in [1.82, 2.24) is 10.2 Å². The van der Waals surface area contributed by atoms with Crippen LogP contribution in [-0.4, -0.2) is 50.8 Å². The van der Waals surface area contributed by atoms with E-state index in [1.165, 1.54) is 32.5 Å². The summed E-state index contributed by atoms with van der Waals surface area (Å²) >= 11 is 0. The van der Waals surface area contributed by atoms with E-state index in [-0.39, 0.29) is 0 Å². The van der Waals surface area contributed by atoms with Crippen LogP contribution >= 0.6 is 0 Å². The Labute approximate surface area is 125 Å². The van der Waals surface area contributed by atoms with Gasteiger partial charge < -0.3 is 15.0 Å². The number of piperidine rings is 1. The van der Waals surface area contributed by atoms with Gasteiger partial charge in [0.1, 0.15) is 0 Å². The predicted octanol–water partition coefficient (Wildman–Crippen LogP) is 2.62. The predicted molar refractivity (Wildman–Crippen MR) is 85.0 cm³/mol. The summed E-state index contributed by atoms with van der Waals surface area (Å²) in [6, 6.07) is 0. The average Bonchev–Trinajstić information content (AvgIpc) is 2.82. The van der Waals surface area contributed by atoms with Crippen molar-refractivity contribution in [2.45, 2.75) is 40.5 Å². The van der Waals surface area contributed by atoms with Gasteiger partial charge in [0, 0.05) is 31.7 Å². The Morgan fingerprint density at radius 2 is 2.10 bits per heavy atom. The standard InChI is InChI=1S/C17H34N2O/c1-14(2)9-18-11-17(6-8-20-13-17)12-19-7-5-15(3)16(4)10-19/h14-16,18H,5-13H2,1-4H3. The highest BCUT2D eigenvalue weighted by Crippen LogP contribution is 2.32. The molecule has 2 heterocycles. The van der Waals surface area contributed by atoms with Crippen molar-refractivity contribution in [2.24, 2.45) is 23.2 Å². The summed E-state index contributed by atoms with van der Waals surface area (Å²) in [5.74, 6) is 2.46. The molecule has 2 aliphatic rings. The molecule has 0 aromatic carbocycles. The molecule has 20 heavy (non-hydrogen) atoms. The second-order valence-electron chi connectivity index (χ2n) is 7.81. The maximum absolute atomic E-state index is 5.74. The molecule has 3 heteroatoms. The molecule has 0 saturated carbocycles. The van der Waals surface area contributed by atoms with Crippen LogP contribution in [-0.2, 0) is 4.74 Å². The van der Waals surface area contributed by atoms with Gasteiger partial charge in [-0.1, -0.05) is 27.7 Å². The Balaban J connectivity index is 1.85. The van der Waals surface area contributed by atoms with Crippen molar-refractivity contribution < 1.29 is 4.74 Å². The Hall–Kier alpha value is -0.120. The quantitative estimate of drug-likeness (QED) is 0.810. The van der Waals surface area contributed by atoms with Crippen molar-refractivity contribution in [3.05, 3.63) is 0 Å². The lowest BCUT2D eigenvalue weighted by molar-refractivity contribution is 0.0687. The van der Waals surface area contributed by atoms with Gasteiger partial charge in [0.05, 0.1) is 6.61 Å². The summed E-state index contributed by atoms with van der Waals surface area (Å²) < 4.78 is 5.74. The molecule has 2 aliphatic heterocycles. The molecule has 2 rings (SSSR count). The van der Waals surface area contributed by atoms with Crippen LogP contribution in [0.25, 0.3) is 0 Å². The Bertz CT molecular complexity index is 287. The zero-order valence-corrected chi connectivity index (χ0v) is 14.0. The minimum Gasteiger partial charge on any atom is -0.381 e. The highest BCUT2D eigenvalue weighted by Gasteiger charge is 2.37. The fourth-order valence-corrected chi connectivity index (χ4v) is 3.56. The molecule has 1 N–H and O–H groups in total. The second kappa shape index (κ2) is 7.24. The van der Waals surface area contributed by atoms with Crippen LogP contribution in [0.15, 0.2) is 0 Å². The van der Waals surface area contributed by atoms with Gasteiger partial charge in [-0.3, -0.25) is 0 Å². The first kappa shape index (κ1) is 16.3. The van der Waals surface area contributed by atoms with E-state index in [1.54, 1.807) is 0 Å². The van der Waals surface area contributed by atoms with Crippen LogP contribution in [0.1, 0.15) is 40.5 Å². The van der Waals surface area contributed by atoms with E-state index in [2.05, 4.69) is 37.9 Å². The minimum atomic E-state index is 0.356. The molecule has 118 valence electrons. The van der Waals surface area contributed by atoms with E-state index in [4.69, 9.17) is 4.74 Å². The molecule has 0 aromatic heterocycles. The number of ether oxygens (including phenoxy) is 1. The third-order valence-corrected chi connectivity index (χ3v) is 5.21. The molecule has 0 bridgehead atoms. The maximum Gasteiger partial charge on any atom is 0.0547 e. The van der Waals surface area contributed by atoms with Gasteiger partial charge in [-0.05, 0) is 43.7 Å². The molecule has 0 radical (unpaired) electrons. The van der Waals surface area contributed by atoms with Crippen LogP contribution in [0.5, 0.6) is 0 Å². The van der Waals surface area contributed by atoms with Crippen LogP contribution in [0, 0.1) is 23.2 Å². The van der Waals surface area contributed by atoms with Gasteiger partial charge in [-0.15, -0.1) is 0 Å². The maximum atomic E-state index is 5.74. The van der Waals surface area contributed by atoms with E-state index >= 15 is 0 Å². The van der Waals surface area contributed by atoms with Crippen molar-refractivity contribution in [3.8, 4) is 0 Å². The Morgan fingerprint density at radius 3 is 2.70 bits per heavy atom. The topological polar surface area (TPSA) is 24.5 Å². The average molecular weight is 282 g/mol.